The van der Waals surface area contributed by atoms with Gasteiger partial charge in [0, 0.05) is 24.2 Å². The Bertz CT molecular complexity index is 817. The molecule has 0 bridgehead atoms. The van der Waals surface area contributed by atoms with Crippen molar-refractivity contribution in [2.24, 2.45) is 0 Å². The van der Waals surface area contributed by atoms with Crippen molar-refractivity contribution >= 4 is 5.82 Å². The van der Waals surface area contributed by atoms with Gasteiger partial charge in [-0.15, -0.1) is 10.2 Å². The first-order valence-electron chi connectivity index (χ1n) is 8.21. The number of aromatic nitrogens is 2. The van der Waals surface area contributed by atoms with E-state index in [2.05, 4.69) is 20.4 Å². The highest BCUT2D eigenvalue weighted by Gasteiger charge is 2.11. The lowest BCUT2D eigenvalue weighted by molar-refractivity contribution is 0.425. The summed E-state index contributed by atoms with van der Waals surface area (Å²) in [5.41, 5.74) is 3.60. The second kappa shape index (κ2) is 7.85. The van der Waals surface area contributed by atoms with Gasteiger partial charge in [-0.1, -0.05) is 30.3 Å². The number of rotatable bonds is 6. The van der Waals surface area contributed by atoms with Crippen molar-refractivity contribution < 1.29 is 4.39 Å². The highest BCUT2D eigenvalue weighted by Crippen LogP contribution is 2.29. The molecule has 5 heteroatoms. The molecule has 0 radical (unpaired) electrons. The van der Waals surface area contributed by atoms with Gasteiger partial charge in [0.1, 0.15) is 5.82 Å². The number of halogens is 1. The Morgan fingerprint density at radius 2 is 1.64 bits per heavy atom. The Labute approximate surface area is 147 Å². The summed E-state index contributed by atoms with van der Waals surface area (Å²) in [5.74, 6) is 0.487. The van der Waals surface area contributed by atoms with Crippen LogP contribution in [0.5, 0.6) is 0 Å². The van der Waals surface area contributed by atoms with Crippen molar-refractivity contribution in [3.8, 4) is 22.4 Å². The molecule has 128 valence electrons. The monoisotopic (exact) mass is 336 g/mol. The SMILES string of the molecule is CN(C)CCNc1nnc(-c2ccc(F)cc2)cc1-c1ccccc1. The molecule has 0 saturated heterocycles. The Morgan fingerprint density at radius 1 is 0.920 bits per heavy atom. The second-order valence-corrected chi connectivity index (χ2v) is 6.09. The number of nitrogens with one attached hydrogen (secondary N) is 1. The minimum absolute atomic E-state index is 0.262. The van der Waals surface area contributed by atoms with Crippen LogP contribution in [-0.2, 0) is 0 Å². The van der Waals surface area contributed by atoms with Gasteiger partial charge in [0.25, 0.3) is 0 Å². The van der Waals surface area contributed by atoms with E-state index >= 15 is 0 Å². The van der Waals surface area contributed by atoms with Crippen LogP contribution in [0.15, 0.2) is 60.7 Å². The van der Waals surface area contributed by atoms with Crippen LogP contribution in [0.2, 0.25) is 0 Å². The van der Waals surface area contributed by atoms with Gasteiger partial charge in [-0.3, -0.25) is 0 Å². The van der Waals surface area contributed by atoms with Crippen LogP contribution < -0.4 is 5.32 Å². The maximum absolute atomic E-state index is 13.2. The van der Waals surface area contributed by atoms with Crippen molar-refractivity contribution in [2.45, 2.75) is 0 Å². The Kier molecular flexibility index (Phi) is 5.36. The predicted octanol–water partition coefficient (Wildman–Crippen LogP) is 3.92. The lowest BCUT2D eigenvalue weighted by Gasteiger charge is -2.14. The molecule has 0 unspecified atom stereocenters. The van der Waals surface area contributed by atoms with Crippen molar-refractivity contribution in [2.75, 3.05) is 32.5 Å². The average Bonchev–Trinajstić information content (AvgIpc) is 2.63. The third kappa shape index (κ3) is 4.39. The summed E-state index contributed by atoms with van der Waals surface area (Å²) >= 11 is 0. The third-order valence-electron chi connectivity index (χ3n) is 3.87. The third-order valence-corrected chi connectivity index (χ3v) is 3.87. The van der Waals surface area contributed by atoms with E-state index in [0.717, 1.165) is 41.3 Å². The van der Waals surface area contributed by atoms with E-state index in [1.165, 1.54) is 12.1 Å². The van der Waals surface area contributed by atoms with E-state index in [0.29, 0.717) is 0 Å². The molecule has 0 amide bonds. The average molecular weight is 336 g/mol. The summed E-state index contributed by atoms with van der Waals surface area (Å²) in [5, 5.41) is 12.0. The number of anilines is 1. The lowest BCUT2D eigenvalue weighted by Crippen LogP contribution is -2.21. The van der Waals surface area contributed by atoms with Crippen LogP contribution in [0.1, 0.15) is 0 Å². The van der Waals surface area contributed by atoms with Crippen LogP contribution in [0, 0.1) is 5.82 Å². The van der Waals surface area contributed by atoms with Gasteiger partial charge in [-0.25, -0.2) is 4.39 Å². The largest absolute Gasteiger partial charge is 0.367 e. The number of benzene rings is 2. The highest BCUT2D eigenvalue weighted by atomic mass is 19.1. The topological polar surface area (TPSA) is 41.0 Å². The maximum atomic E-state index is 13.2. The minimum atomic E-state index is -0.262. The molecule has 3 rings (SSSR count). The highest BCUT2D eigenvalue weighted by molar-refractivity contribution is 5.78. The fourth-order valence-electron chi connectivity index (χ4n) is 2.52. The molecule has 3 aromatic rings. The number of likely N-dealkylation sites (N-methyl/N-ethyl adjacent to an activating group) is 1. The molecule has 0 aliphatic carbocycles. The molecule has 25 heavy (non-hydrogen) atoms. The molecule has 4 nitrogen and oxygen atoms in total. The van der Waals surface area contributed by atoms with Crippen LogP contribution >= 0.6 is 0 Å². The molecule has 0 aliphatic rings. The van der Waals surface area contributed by atoms with Gasteiger partial charge in [0.2, 0.25) is 0 Å². The van der Waals surface area contributed by atoms with Gasteiger partial charge in [-0.05, 0) is 50.0 Å². The number of hydrogen-bond donors (Lipinski definition) is 1. The predicted molar refractivity (Wildman–Crippen MR) is 99.9 cm³/mol. The molecule has 0 fully saturated rings. The van der Waals surface area contributed by atoms with Gasteiger partial charge in [-0.2, -0.15) is 0 Å². The Hall–Kier alpha value is -2.79. The molecular weight excluding hydrogens is 315 g/mol. The first-order chi connectivity index (χ1) is 12.1. The molecule has 1 aromatic heterocycles. The molecule has 0 aliphatic heterocycles. The van der Waals surface area contributed by atoms with E-state index in [1.807, 2.05) is 50.5 Å². The number of hydrogen-bond acceptors (Lipinski definition) is 4. The Morgan fingerprint density at radius 3 is 2.32 bits per heavy atom. The molecule has 2 aromatic carbocycles. The van der Waals surface area contributed by atoms with Crippen LogP contribution in [0.25, 0.3) is 22.4 Å². The fraction of sp³-hybridized carbons (Fsp3) is 0.200. The van der Waals surface area contributed by atoms with E-state index in [9.17, 15) is 4.39 Å². The van der Waals surface area contributed by atoms with Crippen molar-refractivity contribution in [3.63, 3.8) is 0 Å². The summed E-state index contributed by atoms with van der Waals surface area (Å²) in [7, 11) is 4.06. The van der Waals surface area contributed by atoms with E-state index in [4.69, 9.17) is 0 Å². The standard InChI is InChI=1S/C20H21FN4/c1-25(2)13-12-22-20-18(15-6-4-3-5-7-15)14-19(23-24-20)16-8-10-17(21)11-9-16/h3-11,14H,12-13H2,1-2H3,(H,22,24). The summed E-state index contributed by atoms with van der Waals surface area (Å²) in [6.45, 7) is 1.67. The molecular formula is C20H21FN4. The quantitative estimate of drug-likeness (QED) is 0.741. The molecule has 0 saturated carbocycles. The molecule has 0 spiro atoms. The summed E-state index contributed by atoms with van der Waals surface area (Å²) in [6.07, 6.45) is 0. The smallest absolute Gasteiger partial charge is 0.156 e. The van der Waals surface area contributed by atoms with Gasteiger partial charge >= 0.3 is 0 Å². The normalized spacial score (nSPS) is 10.9. The summed E-state index contributed by atoms with van der Waals surface area (Å²) < 4.78 is 13.2. The van der Waals surface area contributed by atoms with Gasteiger partial charge in [0.05, 0.1) is 5.69 Å². The minimum Gasteiger partial charge on any atom is -0.367 e. The van der Waals surface area contributed by atoms with Crippen LogP contribution in [-0.4, -0.2) is 42.3 Å². The maximum Gasteiger partial charge on any atom is 0.156 e. The second-order valence-electron chi connectivity index (χ2n) is 6.09. The lowest BCUT2D eigenvalue weighted by atomic mass is 10.0. The van der Waals surface area contributed by atoms with E-state index in [1.54, 1.807) is 12.1 Å². The fourth-order valence-corrected chi connectivity index (χ4v) is 2.52. The first-order valence-corrected chi connectivity index (χ1v) is 8.21. The van der Waals surface area contributed by atoms with Gasteiger partial charge in [0.15, 0.2) is 5.82 Å². The Balaban J connectivity index is 1.97. The molecule has 0 atom stereocenters. The van der Waals surface area contributed by atoms with Crippen molar-refractivity contribution in [3.05, 3.63) is 66.5 Å². The van der Waals surface area contributed by atoms with Crippen molar-refractivity contribution in [1.82, 2.24) is 15.1 Å². The zero-order valence-corrected chi connectivity index (χ0v) is 14.4. The van der Waals surface area contributed by atoms with Crippen molar-refractivity contribution in [1.29, 1.82) is 0 Å². The zero-order chi connectivity index (χ0) is 17.6. The first kappa shape index (κ1) is 17.0. The summed E-state index contributed by atoms with van der Waals surface area (Å²) in [4.78, 5) is 2.11. The molecule has 1 heterocycles. The van der Waals surface area contributed by atoms with E-state index < -0.39 is 0 Å². The van der Waals surface area contributed by atoms with E-state index in [-0.39, 0.29) is 5.82 Å². The molecule has 1 N–H and O–H groups in total. The van der Waals surface area contributed by atoms with Crippen LogP contribution in [0.3, 0.4) is 0 Å². The number of nitrogens with zero attached hydrogens (tertiary/aromatic N) is 3. The summed E-state index contributed by atoms with van der Waals surface area (Å²) in [6, 6.07) is 18.4. The zero-order valence-electron chi connectivity index (χ0n) is 14.4. The van der Waals surface area contributed by atoms with Gasteiger partial charge < -0.3 is 10.2 Å². The van der Waals surface area contributed by atoms with Crippen LogP contribution in [0.4, 0.5) is 10.2 Å².